The summed E-state index contributed by atoms with van der Waals surface area (Å²) in [5.74, 6) is -0.878. The van der Waals surface area contributed by atoms with Crippen LogP contribution >= 0.6 is 0 Å². The molecule has 5 aromatic rings. The number of nitrogens with one attached hydrogen (secondary N) is 3. The highest BCUT2D eigenvalue weighted by Crippen LogP contribution is 2.29. The van der Waals surface area contributed by atoms with Crippen LogP contribution in [0.5, 0.6) is 0 Å². The molecule has 0 saturated heterocycles. The molecular weight excluding hydrogens is 681 g/mol. The number of carbonyl (C=O) groups is 2. The van der Waals surface area contributed by atoms with Gasteiger partial charge >= 0.3 is 0 Å². The highest BCUT2D eigenvalue weighted by atomic mass is 19.1. The Balaban J connectivity index is 0.893. The number of rotatable bonds is 13. The van der Waals surface area contributed by atoms with Gasteiger partial charge in [-0.25, -0.2) is 8.78 Å². The van der Waals surface area contributed by atoms with Crippen LogP contribution in [0.25, 0.3) is 33.5 Å². The van der Waals surface area contributed by atoms with Crippen molar-refractivity contribution in [1.29, 1.82) is 0 Å². The molecule has 3 N–H and O–H groups in total. The van der Waals surface area contributed by atoms with Crippen LogP contribution in [0.3, 0.4) is 0 Å². The quantitative estimate of drug-likeness (QED) is 0.107. The lowest BCUT2D eigenvalue weighted by molar-refractivity contribution is -0.117. The molecular formula is C45H41F2N5O2. The van der Waals surface area contributed by atoms with E-state index in [9.17, 15) is 14.0 Å². The summed E-state index contributed by atoms with van der Waals surface area (Å²) in [7, 11) is 0. The third-order valence-electron chi connectivity index (χ3n) is 9.70. The first kappa shape index (κ1) is 36.0. The molecule has 1 unspecified atom stereocenters. The molecule has 4 aromatic carbocycles. The van der Waals surface area contributed by atoms with E-state index in [2.05, 4.69) is 16.0 Å². The summed E-state index contributed by atoms with van der Waals surface area (Å²) in [4.78, 5) is 32.3. The molecule has 1 aromatic heterocycles. The molecule has 9 heteroatoms. The van der Waals surface area contributed by atoms with Crippen LogP contribution in [-0.2, 0) is 17.6 Å². The van der Waals surface area contributed by atoms with Crippen molar-refractivity contribution in [2.75, 3.05) is 13.1 Å². The van der Waals surface area contributed by atoms with E-state index in [0.717, 1.165) is 53.5 Å². The minimum Gasteiger partial charge on any atom is -0.366 e. The van der Waals surface area contributed by atoms with E-state index >= 15 is 4.39 Å². The first-order chi connectivity index (χ1) is 26.3. The summed E-state index contributed by atoms with van der Waals surface area (Å²) in [6.07, 6.45) is 12.5. The lowest BCUT2D eigenvalue weighted by Crippen LogP contribution is -2.34. The van der Waals surface area contributed by atoms with Gasteiger partial charge < -0.3 is 20.9 Å². The molecule has 2 aliphatic rings. The number of aryl methyl sites for hydroxylation is 3. The van der Waals surface area contributed by atoms with Crippen LogP contribution in [-0.4, -0.2) is 41.0 Å². The maximum Gasteiger partial charge on any atom is 0.253 e. The van der Waals surface area contributed by atoms with Gasteiger partial charge in [-0.15, -0.1) is 0 Å². The number of amides is 2. The Bertz CT molecular complexity index is 2250. The van der Waals surface area contributed by atoms with E-state index in [-0.39, 0.29) is 29.6 Å². The molecule has 3 heterocycles. The fraction of sp³-hybridized carbons (Fsp3) is 0.178. The van der Waals surface area contributed by atoms with Crippen molar-refractivity contribution in [1.82, 2.24) is 25.8 Å². The monoisotopic (exact) mass is 721 g/mol. The minimum absolute atomic E-state index is 0.0724. The predicted octanol–water partition coefficient (Wildman–Crippen LogP) is 8.24. The van der Waals surface area contributed by atoms with Gasteiger partial charge in [0.2, 0.25) is 0 Å². The Morgan fingerprint density at radius 3 is 2.06 bits per heavy atom. The number of hydrogen-bond donors (Lipinski definition) is 3. The average Bonchev–Trinajstić information content (AvgIpc) is 3.67. The zero-order chi connectivity index (χ0) is 37.4. The van der Waals surface area contributed by atoms with Gasteiger partial charge in [0.1, 0.15) is 17.8 Å². The highest BCUT2D eigenvalue weighted by molar-refractivity contribution is 5.96. The fourth-order valence-corrected chi connectivity index (χ4v) is 6.67. The predicted molar refractivity (Wildman–Crippen MR) is 209 cm³/mol. The van der Waals surface area contributed by atoms with Crippen molar-refractivity contribution in [2.24, 2.45) is 0 Å². The topological polar surface area (TPSA) is 86.4 Å². The van der Waals surface area contributed by atoms with Crippen LogP contribution in [0, 0.1) is 18.6 Å². The average molecular weight is 722 g/mol. The van der Waals surface area contributed by atoms with E-state index in [1.54, 1.807) is 43.3 Å². The van der Waals surface area contributed by atoms with Crippen molar-refractivity contribution >= 4 is 11.8 Å². The van der Waals surface area contributed by atoms with Gasteiger partial charge in [-0.3, -0.25) is 14.6 Å². The largest absolute Gasteiger partial charge is 0.366 e. The molecule has 7 nitrogen and oxygen atoms in total. The van der Waals surface area contributed by atoms with Gasteiger partial charge in [0, 0.05) is 48.4 Å². The SMILES string of the molecule is Cc1nc(-c2ccc(F)c(-c3ccc(CCCNC(=O)C4=CN5C=CNC5C=C4)cc3)c2)ccc1C(=O)NCCCc1ccc(-c2ccccc2F)cc1. The molecule has 0 fully saturated rings. The van der Waals surface area contributed by atoms with E-state index in [4.69, 9.17) is 4.98 Å². The summed E-state index contributed by atoms with van der Waals surface area (Å²) in [6.45, 7) is 2.84. The van der Waals surface area contributed by atoms with Gasteiger partial charge in [-0.1, -0.05) is 66.7 Å². The molecule has 0 bridgehead atoms. The lowest BCUT2D eigenvalue weighted by atomic mass is 9.98. The van der Waals surface area contributed by atoms with Crippen molar-refractivity contribution in [3.63, 3.8) is 0 Å². The van der Waals surface area contributed by atoms with Crippen molar-refractivity contribution in [2.45, 2.75) is 38.8 Å². The van der Waals surface area contributed by atoms with Crippen molar-refractivity contribution in [3.05, 3.63) is 173 Å². The fourth-order valence-electron chi connectivity index (χ4n) is 6.67. The van der Waals surface area contributed by atoms with Gasteiger partial charge in [-0.2, -0.15) is 0 Å². The smallest absolute Gasteiger partial charge is 0.253 e. The third kappa shape index (κ3) is 8.47. The van der Waals surface area contributed by atoms with Crippen LogP contribution < -0.4 is 16.0 Å². The molecule has 0 radical (unpaired) electrons. The Labute approximate surface area is 314 Å². The van der Waals surface area contributed by atoms with Gasteiger partial charge in [0.05, 0.1) is 22.5 Å². The number of nitrogens with zero attached hydrogens (tertiary/aromatic N) is 2. The Hall–Kier alpha value is -6.35. The molecule has 272 valence electrons. The molecule has 7 rings (SSSR count). The third-order valence-corrected chi connectivity index (χ3v) is 9.70. The van der Waals surface area contributed by atoms with Crippen LogP contribution in [0.15, 0.2) is 139 Å². The second-order valence-corrected chi connectivity index (χ2v) is 13.4. The second kappa shape index (κ2) is 16.5. The zero-order valence-electron chi connectivity index (χ0n) is 30.0. The number of pyridine rings is 1. The molecule has 0 spiro atoms. The number of fused-ring (bicyclic) bond motifs is 1. The van der Waals surface area contributed by atoms with Gasteiger partial charge in [0.25, 0.3) is 11.8 Å². The van der Waals surface area contributed by atoms with Gasteiger partial charge in [-0.05, 0) is 103 Å². The molecule has 2 amide bonds. The van der Waals surface area contributed by atoms with Crippen molar-refractivity contribution in [3.8, 4) is 33.5 Å². The Morgan fingerprint density at radius 2 is 1.37 bits per heavy atom. The summed E-state index contributed by atoms with van der Waals surface area (Å²) >= 11 is 0. The normalized spacial score (nSPS) is 14.3. The standard InChI is InChI=1S/C45H41F2N5O2/c1-30-37(45(54)50-25-5-7-31-10-14-33(15-11-31)38-8-2-3-9-40(38)46)20-22-42(51-30)35-18-21-41(47)39(28-35)34-16-12-32(13-17-34)6-4-24-49-44(53)36-19-23-43-48-26-27-52(43)29-36/h2-3,8-23,26-29,43,48H,4-7,24-25H2,1H3,(H,49,53)(H,50,54). The molecule has 0 aliphatic carbocycles. The van der Waals surface area contributed by atoms with Crippen molar-refractivity contribution < 1.29 is 18.4 Å². The van der Waals surface area contributed by atoms with E-state index in [1.807, 2.05) is 90.2 Å². The lowest BCUT2D eigenvalue weighted by Gasteiger charge is -2.23. The summed E-state index contributed by atoms with van der Waals surface area (Å²) in [5.41, 5.74) is 7.92. The van der Waals surface area contributed by atoms with Crippen LogP contribution in [0.1, 0.15) is 40.0 Å². The number of aromatic nitrogens is 1. The van der Waals surface area contributed by atoms with Crippen LogP contribution in [0.2, 0.25) is 0 Å². The number of carbonyl (C=O) groups excluding carboxylic acids is 2. The summed E-state index contributed by atoms with van der Waals surface area (Å²) in [5, 5.41) is 9.16. The first-order valence-electron chi connectivity index (χ1n) is 18.2. The highest BCUT2D eigenvalue weighted by Gasteiger charge is 2.20. The van der Waals surface area contributed by atoms with Crippen LogP contribution in [0.4, 0.5) is 8.78 Å². The minimum atomic E-state index is -0.333. The number of halogens is 2. The van der Waals surface area contributed by atoms with E-state index < -0.39 is 0 Å². The summed E-state index contributed by atoms with van der Waals surface area (Å²) < 4.78 is 29.2. The maximum atomic E-state index is 15.1. The maximum absolute atomic E-state index is 15.1. The first-order valence-corrected chi connectivity index (χ1v) is 18.2. The summed E-state index contributed by atoms with van der Waals surface area (Å²) in [6, 6.07) is 30.8. The zero-order valence-corrected chi connectivity index (χ0v) is 30.0. The molecule has 54 heavy (non-hydrogen) atoms. The molecule has 1 atom stereocenters. The Morgan fingerprint density at radius 1 is 0.741 bits per heavy atom. The molecule has 0 saturated carbocycles. The van der Waals surface area contributed by atoms with E-state index in [0.29, 0.717) is 46.7 Å². The van der Waals surface area contributed by atoms with E-state index in [1.165, 1.54) is 12.1 Å². The second-order valence-electron chi connectivity index (χ2n) is 13.4. The van der Waals surface area contributed by atoms with Gasteiger partial charge in [0.15, 0.2) is 0 Å². The number of benzene rings is 4. The molecule has 2 aliphatic heterocycles. The Kier molecular flexibility index (Phi) is 11.0. The number of hydrogen-bond acceptors (Lipinski definition) is 5.